The van der Waals surface area contributed by atoms with Gasteiger partial charge in [0.25, 0.3) is 5.91 Å². The first-order valence-electron chi connectivity index (χ1n) is 8.56. The lowest BCUT2D eigenvalue weighted by molar-refractivity contribution is 0.0967. The van der Waals surface area contributed by atoms with Gasteiger partial charge in [0.1, 0.15) is 17.3 Å². The molecule has 0 bridgehead atoms. The Kier molecular flexibility index (Phi) is 5.36. The van der Waals surface area contributed by atoms with Crippen molar-refractivity contribution in [3.63, 3.8) is 0 Å². The van der Waals surface area contributed by atoms with Crippen LogP contribution in [0.15, 0.2) is 52.9 Å². The molecule has 0 spiro atoms. The van der Waals surface area contributed by atoms with Crippen molar-refractivity contribution in [2.45, 2.75) is 13.8 Å². The van der Waals surface area contributed by atoms with Crippen LogP contribution >= 0.6 is 0 Å². The minimum absolute atomic E-state index is 0.0375. The summed E-state index contributed by atoms with van der Waals surface area (Å²) in [4.78, 5) is 14.1. The van der Waals surface area contributed by atoms with E-state index in [0.717, 1.165) is 5.56 Å². The molecule has 0 aliphatic heterocycles. The number of nitrogens with zero attached hydrogens (tertiary/aromatic N) is 1. The molecule has 3 rings (SSSR count). The topological polar surface area (TPSA) is 123 Å². The largest absolute Gasteiger partial charge is 0.507 e. The number of furan rings is 1. The van der Waals surface area contributed by atoms with E-state index in [9.17, 15) is 18.3 Å². The molecule has 1 amide bonds. The molecule has 0 fully saturated rings. The second-order valence-electron chi connectivity index (χ2n) is 6.56. The van der Waals surface area contributed by atoms with Crippen molar-refractivity contribution in [3.8, 4) is 22.8 Å². The van der Waals surface area contributed by atoms with E-state index in [1.165, 1.54) is 29.2 Å². The summed E-state index contributed by atoms with van der Waals surface area (Å²) >= 11 is 0. The van der Waals surface area contributed by atoms with E-state index in [4.69, 9.17) is 9.56 Å². The maximum Gasteiger partial charge on any atom is 0.380 e. The van der Waals surface area contributed by atoms with Gasteiger partial charge in [-0.2, -0.15) is 13.6 Å². The SMILES string of the molecule is Cc1cc(-c2ccc(C(=O)N(C)c3ccc(OS(N)(=O)=O)cc3)o2)cc(C)c1O. The molecule has 3 N–H and O–H groups in total. The summed E-state index contributed by atoms with van der Waals surface area (Å²) in [6, 6.07) is 12.6. The number of hydrogen-bond donors (Lipinski definition) is 2. The Hall–Kier alpha value is -3.30. The lowest BCUT2D eigenvalue weighted by Gasteiger charge is -2.16. The summed E-state index contributed by atoms with van der Waals surface area (Å²) in [6.45, 7) is 3.58. The van der Waals surface area contributed by atoms with Crippen LogP contribution < -0.4 is 14.2 Å². The minimum atomic E-state index is -4.11. The van der Waals surface area contributed by atoms with Crippen LogP contribution in [-0.4, -0.2) is 26.5 Å². The van der Waals surface area contributed by atoms with Gasteiger partial charge in [0.15, 0.2) is 5.76 Å². The summed E-state index contributed by atoms with van der Waals surface area (Å²) in [5.41, 5.74) is 2.68. The average molecular weight is 416 g/mol. The lowest BCUT2D eigenvalue weighted by atomic mass is 10.0. The normalized spacial score (nSPS) is 11.3. The smallest absolute Gasteiger partial charge is 0.380 e. The number of hydrogen-bond acceptors (Lipinski definition) is 6. The van der Waals surface area contributed by atoms with Crippen LogP contribution in [-0.2, 0) is 10.3 Å². The highest BCUT2D eigenvalue weighted by Crippen LogP contribution is 2.31. The summed E-state index contributed by atoms with van der Waals surface area (Å²) < 4.78 is 32.2. The van der Waals surface area contributed by atoms with E-state index in [-0.39, 0.29) is 23.2 Å². The van der Waals surface area contributed by atoms with Gasteiger partial charge in [-0.3, -0.25) is 4.79 Å². The number of carbonyl (C=O) groups excluding carboxylic acids is 1. The van der Waals surface area contributed by atoms with E-state index in [0.29, 0.717) is 22.6 Å². The van der Waals surface area contributed by atoms with E-state index in [2.05, 4.69) is 4.18 Å². The first-order chi connectivity index (χ1) is 13.5. The van der Waals surface area contributed by atoms with Gasteiger partial charge >= 0.3 is 10.3 Å². The highest BCUT2D eigenvalue weighted by atomic mass is 32.2. The molecule has 0 atom stereocenters. The van der Waals surface area contributed by atoms with Crippen LogP contribution in [0.25, 0.3) is 11.3 Å². The molecule has 0 radical (unpaired) electrons. The average Bonchev–Trinajstić information content (AvgIpc) is 3.14. The van der Waals surface area contributed by atoms with Crippen LogP contribution in [0.2, 0.25) is 0 Å². The zero-order chi connectivity index (χ0) is 21.3. The summed E-state index contributed by atoms with van der Waals surface area (Å²) in [5.74, 6) is 0.519. The summed E-state index contributed by atoms with van der Waals surface area (Å²) in [6.07, 6.45) is 0. The number of anilines is 1. The van der Waals surface area contributed by atoms with Crippen molar-refractivity contribution >= 4 is 21.9 Å². The number of phenolic OH excluding ortho intramolecular Hbond substituents is 1. The number of rotatable bonds is 5. The van der Waals surface area contributed by atoms with Gasteiger partial charge in [-0.15, -0.1) is 0 Å². The van der Waals surface area contributed by atoms with Gasteiger partial charge < -0.3 is 18.6 Å². The highest BCUT2D eigenvalue weighted by Gasteiger charge is 2.19. The molecule has 0 aliphatic carbocycles. The third-order valence-corrected chi connectivity index (χ3v) is 4.76. The summed E-state index contributed by atoms with van der Waals surface area (Å²) in [7, 11) is -2.55. The number of aryl methyl sites for hydroxylation is 2. The second kappa shape index (κ2) is 7.61. The Morgan fingerprint density at radius 2 is 1.66 bits per heavy atom. The number of benzene rings is 2. The van der Waals surface area contributed by atoms with E-state index < -0.39 is 10.3 Å². The Balaban J connectivity index is 1.81. The number of amides is 1. The third-order valence-electron chi connectivity index (χ3n) is 4.33. The number of carbonyl (C=O) groups is 1. The fourth-order valence-electron chi connectivity index (χ4n) is 2.85. The molecule has 0 unspecified atom stereocenters. The van der Waals surface area contributed by atoms with Crippen molar-refractivity contribution in [2.24, 2.45) is 5.14 Å². The zero-order valence-electron chi connectivity index (χ0n) is 16.0. The predicted octanol–water partition coefficient (Wildman–Crippen LogP) is 3.13. The highest BCUT2D eigenvalue weighted by molar-refractivity contribution is 7.84. The Bertz CT molecular complexity index is 1140. The Labute approximate surface area is 168 Å². The predicted molar refractivity (Wildman–Crippen MR) is 108 cm³/mol. The Morgan fingerprint density at radius 3 is 2.21 bits per heavy atom. The third kappa shape index (κ3) is 4.58. The van der Waals surface area contributed by atoms with Gasteiger partial charge in [-0.05, 0) is 73.5 Å². The van der Waals surface area contributed by atoms with Crippen molar-refractivity contribution < 1.29 is 26.9 Å². The van der Waals surface area contributed by atoms with Gasteiger partial charge in [0.2, 0.25) is 0 Å². The fourth-order valence-corrected chi connectivity index (χ4v) is 3.23. The second-order valence-corrected chi connectivity index (χ2v) is 7.71. The van der Waals surface area contributed by atoms with Crippen LogP contribution in [0, 0.1) is 13.8 Å². The van der Waals surface area contributed by atoms with Crippen LogP contribution in [0.3, 0.4) is 0 Å². The molecule has 9 heteroatoms. The molecule has 3 aromatic rings. The minimum Gasteiger partial charge on any atom is -0.507 e. The summed E-state index contributed by atoms with van der Waals surface area (Å²) in [5, 5.41) is 14.7. The maximum atomic E-state index is 12.7. The molecular formula is C20H20N2O6S. The molecule has 29 heavy (non-hydrogen) atoms. The van der Waals surface area contributed by atoms with E-state index >= 15 is 0 Å². The van der Waals surface area contributed by atoms with Gasteiger partial charge in [0.05, 0.1) is 0 Å². The molecule has 1 heterocycles. The van der Waals surface area contributed by atoms with E-state index in [1.807, 2.05) is 0 Å². The van der Waals surface area contributed by atoms with Crippen LogP contribution in [0.1, 0.15) is 21.7 Å². The Morgan fingerprint density at radius 1 is 1.07 bits per heavy atom. The van der Waals surface area contributed by atoms with Crippen LogP contribution in [0.4, 0.5) is 5.69 Å². The number of phenols is 1. The first kappa shape index (κ1) is 20.4. The van der Waals surface area contributed by atoms with Crippen LogP contribution in [0.5, 0.6) is 11.5 Å². The zero-order valence-corrected chi connectivity index (χ0v) is 16.9. The van der Waals surface area contributed by atoms with Gasteiger partial charge in [0, 0.05) is 18.3 Å². The molecule has 0 saturated heterocycles. The standard InChI is InChI=1S/C20H20N2O6S/c1-12-10-14(11-13(2)19(12)23)17-8-9-18(27-17)20(24)22(3)15-4-6-16(7-5-15)28-29(21,25)26/h4-11,23H,1-3H3,(H2,21,25,26). The maximum absolute atomic E-state index is 12.7. The molecule has 0 aliphatic rings. The van der Waals surface area contributed by atoms with Crippen molar-refractivity contribution in [1.82, 2.24) is 0 Å². The number of nitrogens with two attached hydrogens (primary N) is 1. The monoisotopic (exact) mass is 416 g/mol. The fraction of sp³-hybridized carbons (Fsp3) is 0.150. The molecule has 152 valence electrons. The number of aromatic hydroxyl groups is 1. The van der Waals surface area contributed by atoms with Crippen molar-refractivity contribution in [3.05, 3.63) is 65.4 Å². The molecule has 2 aromatic carbocycles. The first-order valence-corrected chi connectivity index (χ1v) is 10.0. The van der Waals surface area contributed by atoms with Crippen molar-refractivity contribution in [2.75, 3.05) is 11.9 Å². The molecular weight excluding hydrogens is 396 g/mol. The van der Waals surface area contributed by atoms with Crippen molar-refractivity contribution in [1.29, 1.82) is 0 Å². The molecule has 8 nitrogen and oxygen atoms in total. The van der Waals surface area contributed by atoms with Gasteiger partial charge in [-0.25, -0.2) is 0 Å². The van der Waals surface area contributed by atoms with Gasteiger partial charge in [-0.1, -0.05) is 0 Å². The molecule has 0 saturated carbocycles. The quantitative estimate of drug-likeness (QED) is 0.659. The van der Waals surface area contributed by atoms with E-state index in [1.54, 1.807) is 45.2 Å². The lowest BCUT2D eigenvalue weighted by Crippen LogP contribution is -2.25. The molecule has 1 aromatic heterocycles.